The number of amides is 1. The molecule has 0 aliphatic carbocycles. The number of nitrogens with zero attached hydrogens (tertiary/aromatic N) is 1. The fourth-order valence-electron chi connectivity index (χ4n) is 2.99. The first kappa shape index (κ1) is 13.6. The second kappa shape index (κ2) is 4.88. The molecule has 2 aromatic rings. The molecule has 3 rings (SSSR count). The Bertz CT molecular complexity index is 725. The van der Waals surface area contributed by atoms with Crippen molar-refractivity contribution >= 4 is 22.6 Å². The molecule has 1 N–H and O–H groups in total. The van der Waals surface area contributed by atoms with E-state index in [1.165, 1.54) is 4.90 Å². The zero-order chi connectivity index (χ0) is 15.0. The van der Waals surface area contributed by atoms with E-state index in [2.05, 4.69) is 0 Å². The van der Waals surface area contributed by atoms with E-state index in [0.29, 0.717) is 18.5 Å². The average molecular weight is 283 g/mol. The zero-order valence-corrected chi connectivity index (χ0v) is 11.9. The van der Waals surface area contributed by atoms with Gasteiger partial charge < -0.3 is 10.0 Å². The third-order valence-electron chi connectivity index (χ3n) is 4.34. The monoisotopic (exact) mass is 283 g/mol. The molecule has 0 bridgehead atoms. The zero-order valence-electron chi connectivity index (χ0n) is 11.9. The molecule has 1 atom stereocenters. The molecule has 108 valence electrons. The number of hydrogen-bond acceptors (Lipinski definition) is 2. The van der Waals surface area contributed by atoms with E-state index in [9.17, 15) is 14.7 Å². The predicted octanol–water partition coefficient (Wildman–Crippen LogP) is 2.92. The fourth-order valence-corrected chi connectivity index (χ4v) is 2.99. The van der Waals surface area contributed by atoms with Crippen LogP contribution in [0.5, 0.6) is 0 Å². The highest BCUT2D eigenvalue weighted by Gasteiger charge is 2.46. The Hall–Kier alpha value is -2.36. The maximum Gasteiger partial charge on any atom is 0.329 e. The van der Waals surface area contributed by atoms with E-state index in [1.807, 2.05) is 36.4 Å². The van der Waals surface area contributed by atoms with Gasteiger partial charge in [0, 0.05) is 12.1 Å². The third kappa shape index (κ3) is 2.17. The van der Waals surface area contributed by atoms with Crippen LogP contribution in [0.15, 0.2) is 42.5 Å². The summed E-state index contributed by atoms with van der Waals surface area (Å²) in [6.07, 6.45) is 1.23. The summed E-state index contributed by atoms with van der Waals surface area (Å²) in [6.45, 7) is 2.12. The van der Waals surface area contributed by atoms with Gasteiger partial charge in [-0.2, -0.15) is 0 Å². The fraction of sp³-hybridized carbons (Fsp3) is 0.294. The second-order valence-corrected chi connectivity index (χ2v) is 5.70. The Morgan fingerprint density at radius 3 is 2.57 bits per heavy atom. The number of carbonyl (C=O) groups is 2. The van der Waals surface area contributed by atoms with Crippen LogP contribution in [0, 0.1) is 0 Å². The minimum atomic E-state index is -1.09. The van der Waals surface area contributed by atoms with Gasteiger partial charge in [-0.1, -0.05) is 30.3 Å². The van der Waals surface area contributed by atoms with Gasteiger partial charge in [0.1, 0.15) is 5.54 Å². The number of carboxylic acids is 1. The van der Waals surface area contributed by atoms with Crippen molar-refractivity contribution in [1.29, 1.82) is 0 Å². The van der Waals surface area contributed by atoms with Crippen molar-refractivity contribution < 1.29 is 14.7 Å². The standard InChI is InChI=1S/C17H17NO3/c1-17(16(20)21)9-4-10-18(17)15(19)14-8-7-12-5-2-3-6-13(12)11-14/h2-3,5-8,11H,4,9-10H2,1H3,(H,20,21). The maximum atomic E-state index is 12.7. The smallest absolute Gasteiger partial charge is 0.329 e. The lowest BCUT2D eigenvalue weighted by atomic mass is 9.98. The highest BCUT2D eigenvalue weighted by atomic mass is 16.4. The topological polar surface area (TPSA) is 57.6 Å². The molecular formula is C17H17NO3. The summed E-state index contributed by atoms with van der Waals surface area (Å²) < 4.78 is 0. The SMILES string of the molecule is CC1(C(=O)O)CCCN1C(=O)c1ccc2ccccc2c1. The first-order chi connectivity index (χ1) is 10.0. The Labute approximate surface area is 123 Å². The first-order valence-corrected chi connectivity index (χ1v) is 7.06. The van der Waals surface area contributed by atoms with Gasteiger partial charge in [-0.05, 0) is 42.7 Å². The van der Waals surface area contributed by atoms with E-state index >= 15 is 0 Å². The van der Waals surface area contributed by atoms with Crippen molar-refractivity contribution in [2.75, 3.05) is 6.54 Å². The number of rotatable bonds is 2. The molecule has 0 spiro atoms. The largest absolute Gasteiger partial charge is 0.480 e. The molecule has 1 aliphatic rings. The van der Waals surface area contributed by atoms with Crippen LogP contribution in [0.3, 0.4) is 0 Å². The van der Waals surface area contributed by atoms with Crippen molar-refractivity contribution in [3.63, 3.8) is 0 Å². The molecule has 1 aliphatic heterocycles. The lowest BCUT2D eigenvalue weighted by molar-refractivity contribution is -0.147. The van der Waals surface area contributed by atoms with E-state index in [0.717, 1.165) is 17.2 Å². The van der Waals surface area contributed by atoms with E-state index in [4.69, 9.17) is 0 Å². The lowest BCUT2D eigenvalue weighted by Gasteiger charge is -2.31. The van der Waals surface area contributed by atoms with Crippen molar-refractivity contribution in [3.05, 3.63) is 48.0 Å². The summed E-state index contributed by atoms with van der Waals surface area (Å²) in [5.41, 5.74) is -0.550. The van der Waals surface area contributed by atoms with Gasteiger partial charge in [-0.25, -0.2) is 4.79 Å². The minimum absolute atomic E-state index is 0.205. The van der Waals surface area contributed by atoms with Crippen molar-refractivity contribution in [1.82, 2.24) is 4.90 Å². The number of benzene rings is 2. The molecule has 0 radical (unpaired) electrons. The summed E-state index contributed by atoms with van der Waals surface area (Å²) in [5, 5.41) is 11.5. The molecule has 0 saturated carbocycles. The summed E-state index contributed by atoms with van der Waals surface area (Å²) in [5.74, 6) is -1.14. The van der Waals surface area contributed by atoms with Gasteiger partial charge >= 0.3 is 5.97 Å². The molecule has 1 saturated heterocycles. The quantitative estimate of drug-likeness (QED) is 0.922. The molecule has 1 amide bonds. The van der Waals surface area contributed by atoms with E-state index in [-0.39, 0.29) is 5.91 Å². The van der Waals surface area contributed by atoms with Crippen LogP contribution in [-0.4, -0.2) is 34.0 Å². The lowest BCUT2D eigenvalue weighted by Crippen LogP contribution is -2.50. The summed E-state index contributed by atoms with van der Waals surface area (Å²) in [6, 6.07) is 13.3. The number of carboxylic acid groups (broad SMARTS) is 1. The van der Waals surface area contributed by atoms with Gasteiger partial charge in [-0.3, -0.25) is 4.79 Å². The van der Waals surface area contributed by atoms with Gasteiger partial charge in [0.15, 0.2) is 0 Å². The van der Waals surface area contributed by atoms with E-state index in [1.54, 1.807) is 13.0 Å². The summed E-state index contributed by atoms with van der Waals surface area (Å²) >= 11 is 0. The average Bonchev–Trinajstić information content (AvgIpc) is 2.89. The van der Waals surface area contributed by atoms with Crippen LogP contribution < -0.4 is 0 Å². The van der Waals surface area contributed by atoms with Gasteiger partial charge in [0.25, 0.3) is 5.91 Å². The van der Waals surface area contributed by atoms with Crippen LogP contribution in [-0.2, 0) is 4.79 Å². The molecule has 4 heteroatoms. The van der Waals surface area contributed by atoms with Crippen LogP contribution in [0.4, 0.5) is 0 Å². The molecule has 0 aromatic heterocycles. The Morgan fingerprint density at radius 2 is 1.86 bits per heavy atom. The number of carbonyl (C=O) groups excluding carboxylic acids is 1. The Morgan fingerprint density at radius 1 is 1.14 bits per heavy atom. The number of aliphatic carboxylic acids is 1. The van der Waals surface area contributed by atoms with Gasteiger partial charge in [0.05, 0.1) is 0 Å². The maximum absolute atomic E-state index is 12.7. The minimum Gasteiger partial charge on any atom is -0.480 e. The van der Waals surface area contributed by atoms with E-state index < -0.39 is 11.5 Å². The number of likely N-dealkylation sites (tertiary alicyclic amines) is 1. The third-order valence-corrected chi connectivity index (χ3v) is 4.34. The van der Waals surface area contributed by atoms with Crippen LogP contribution in [0.1, 0.15) is 30.1 Å². The molecule has 21 heavy (non-hydrogen) atoms. The molecule has 1 fully saturated rings. The van der Waals surface area contributed by atoms with Crippen molar-refractivity contribution in [3.8, 4) is 0 Å². The Balaban J connectivity index is 1.98. The Kier molecular flexibility index (Phi) is 3.16. The second-order valence-electron chi connectivity index (χ2n) is 5.70. The van der Waals surface area contributed by atoms with Crippen LogP contribution in [0.25, 0.3) is 10.8 Å². The normalized spacial score (nSPS) is 21.7. The van der Waals surface area contributed by atoms with Gasteiger partial charge in [-0.15, -0.1) is 0 Å². The van der Waals surface area contributed by atoms with Crippen LogP contribution in [0.2, 0.25) is 0 Å². The number of hydrogen-bond donors (Lipinski definition) is 1. The van der Waals surface area contributed by atoms with Crippen LogP contribution >= 0.6 is 0 Å². The molecule has 2 aromatic carbocycles. The van der Waals surface area contributed by atoms with Crippen molar-refractivity contribution in [2.45, 2.75) is 25.3 Å². The van der Waals surface area contributed by atoms with Crippen molar-refractivity contribution in [2.24, 2.45) is 0 Å². The predicted molar refractivity (Wildman–Crippen MR) is 80.3 cm³/mol. The first-order valence-electron chi connectivity index (χ1n) is 7.06. The highest BCUT2D eigenvalue weighted by Crippen LogP contribution is 2.31. The summed E-state index contributed by atoms with van der Waals surface area (Å²) in [7, 11) is 0. The molecule has 4 nitrogen and oxygen atoms in total. The molecule has 1 heterocycles. The highest BCUT2D eigenvalue weighted by molar-refractivity contribution is 6.01. The van der Waals surface area contributed by atoms with Gasteiger partial charge in [0.2, 0.25) is 0 Å². The summed E-state index contributed by atoms with van der Waals surface area (Å²) in [4.78, 5) is 25.6. The number of fused-ring (bicyclic) bond motifs is 1. The molecular weight excluding hydrogens is 266 g/mol. The molecule has 1 unspecified atom stereocenters.